The summed E-state index contributed by atoms with van der Waals surface area (Å²) in [6.45, 7) is 1.58. The topological polar surface area (TPSA) is 25.4 Å². The molecule has 0 aliphatic carbocycles. The van der Waals surface area contributed by atoms with E-state index in [-0.39, 0.29) is 0 Å². The van der Waals surface area contributed by atoms with Crippen molar-refractivity contribution >= 4 is 22.6 Å². The van der Waals surface area contributed by atoms with Crippen LogP contribution in [-0.2, 0) is 0 Å². The van der Waals surface area contributed by atoms with Crippen LogP contribution in [0.5, 0.6) is 5.75 Å². The van der Waals surface area contributed by atoms with Crippen LogP contribution in [0.4, 0.5) is 0 Å². The van der Waals surface area contributed by atoms with Gasteiger partial charge in [0.25, 0.3) is 0 Å². The Morgan fingerprint density at radius 3 is 2.42 bits per heavy atom. The zero-order chi connectivity index (χ0) is 13.7. The molecule has 0 aliphatic rings. The predicted molar refractivity (Wildman–Crippen MR) is 86.4 cm³/mol. The van der Waals surface area contributed by atoms with Crippen LogP contribution in [0.2, 0.25) is 0 Å². The van der Waals surface area contributed by atoms with E-state index in [2.05, 4.69) is 56.7 Å². The Labute approximate surface area is 127 Å². The molecule has 19 heavy (non-hydrogen) atoms. The third-order valence-corrected chi connectivity index (χ3v) is 3.40. The van der Waals surface area contributed by atoms with Gasteiger partial charge in [-0.05, 0) is 61.0 Å². The average molecular weight is 368 g/mol. The lowest BCUT2D eigenvalue weighted by Crippen LogP contribution is -2.19. The highest BCUT2D eigenvalue weighted by atomic mass is 127. The van der Waals surface area contributed by atoms with Gasteiger partial charge in [-0.15, -0.1) is 0 Å². The first kappa shape index (κ1) is 14.3. The van der Waals surface area contributed by atoms with Crippen molar-refractivity contribution in [3.63, 3.8) is 0 Å². The van der Waals surface area contributed by atoms with Crippen LogP contribution in [0.15, 0.2) is 42.6 Å². The van der Waals surface area contributed by atoms with Crippen molar-refractivity contribution in [2.45, 2.75) is 0 Å². The molecule has 1 heterocycles. The molecule has 0 radical (unpaired) electrons. The number of halogens is 1. The molecule has 0 saturated heterocycles. The Balaban J connectivity index is 2.00. The predicted octanol–water partition coefficient (Wildman–Crippen LogP) is 3.29. The maximum Gasteiger partial charge on any atom is 0.137 e. The number of ether oxygens (including phenoxy) is 1. The van der Waals surface area contributed by atoms with Crippen LogP contribution in [0, 0.1) is 3.57 Å². The molecule has 0 amide bonds. The molecule has 0 aliphatic heterocycles. The summed E-state index contributed by atoms with van der Waals surface area (Å²) in [7, 11) is 4.06. The minimum Gasteiger partial charge on any atom is -0.491 e. The molecular weight excluding hydrogens is 351 g/mol. The zero-order valence-electron chi connectivity index (χ0n) is 11.1. The maximum absolute atomic E-state index is 5.62. The lowest BCUT2D eigenvalue weighted by atomic mass is 10.1. The molecular formula is C15H17IN2O. The fourth-order valence-corrected chi connectivity index (χ4v) is 1.96. The third-order valence-electron chi connectivity index (χ3n) is 2.68. The zero-order valence-corrected chi connectivity index (χ0v) is 13.3. The van der Waals surface area contributed by atoms with Crippen molar-refractivity contribution in [2.24, 2.45) is 0 Å². The molecule has 4 heteroatoms. The Morgan fingerprint density at radius 2 is 1.84 bits per heavy atom. The van der Waals surface area contributed by atoms with Crippen molar-refractivity contribution in [3.8, 4) is 17.0 Å². The Bertz CT molecular complexity index is 509. The molecule has 2 rings (SSSR count). The van der Waals surface area contributed by atoms with Crippen molar-refractivity contribution in [1.82, 2.24) is 9.88 Å². The molecule has 2 aromatic rings. The standard InChI is InChI=1S/C15H17IN2O/c1-18(2)9-10-19-14-7-8-15(17-11-14)12-3-5-13(16)6-4-12/h3-8,11H,9-10H2,1-2H3. The quantitative estimate of drug-likeness (QED) is 0.758. The molecule has 0 saturated carbocycles. The van der Waals surface area contributed by atoms with Crippen LogP contribution in [0.25, 0.3) is 11.3 Å². The number of hydrogen-bond acceptors (Lipinski definition) is 3. The van der Waals surface area contributed by atoms with Gasteiger partial charge in [-0.3, -0.25) is 4.98 Å². The maximum atomic E-state index is 5.62. The monoisotopic (exact) mass is 368 g/mol. The van der Waals surface area contributed by atoms with E-state index in [4.69, 9.17) is 4.74 Å². The normalized spacial score (nSPS) is 10.7. The third kappa shape index (κ3) is 4.47. The summed E-state index contributed by atoms with van der Waals surface area (Å²) in [6, 6.07) is 12.3. The number of benzene rings is 1. The van der Waals surface area contributed by atoms with E-state index >= 15 is 0 Å². The number of aromatic nitrogens is 1. The van der Waals surface area contributed by atoms with Crippen molar-refractivity contribution in [1.29, 1.82) is 0 Å². The molecule has 1 aromatic heterocycles. The van der Waals surface area contributed by atoms with E-state index in [1.54, 1.807) is 6.20 Å². The minimum atomic E-state index is 0.678. The molecule has 100 valence electrons. The summed E-state index contributed by atoms with van der Waals surface area (Å²) in [5.74, 6) is 0.816. The second-order valence-electron chi connectivity index (χ2n) is 4.54. The van der Waals surface area contributed by atoms with Gasteiger partial charge in [0.2, 0.25) is 0 Å². The number of pyridine rings is 1. The smallest absolute Gasteiger partial charge is 0.137 e. The number of nitrogens with zero attached hydrogens (tertiary/aromatic N) is 2. The van der Waals surface area contributed by atoms with Gasteiger partial charge < -0.3 is 9.64 Å². The lowest BCUT2D eigenvalue weighted by molar-refractivity contribution is 0.260. The van der Waals surface area contributed by atoms with E-state index in [9.17, 15) is 0 Å². The number of hydrogen-bond donors (Lipinski definition) is 0. The number of likely N-dealkylation sites (N-methyl/N-ethyl adjacent to an activating group) is 1. The van der Waals surface area contributed by atoms with Crippen LogP contribution < -0.4 is 4.74 Å². The molecule has 1 aromatic carbocycles. The highest BCUT2D eigenvalue weighted by Gasteiger charge is 2.00. The first-order chi connectivity index (χ1) is 9.15. The van der Waals surface area contributed by atoms with Gasteiger partial charge in [0.05, 0.1) is 11.9 Å². The molecule has 0 N–H and O–H groups in total. The van der Waals surface area contributed by atoms with Gasteiger partial charge in [-0.2, -0.15) is 0 Å². The Kier molecular flexibility index (Phi) is 5.15. The summed E-state index contributed by atoms with van der Waals surface area (Å²) < 4.78 is 6.85. The highest BCUT2D eigenvalue weighted by Crippen LogP contribution is 2.20. The molecule has 0 bridgehead atoms. The largest absolute Gasteiger partial charge is 0.491 e. The van der Waals surface area contributed by atoms with E-state index in [0.717, 1.165) is 23.6 Å². The highest BCUT2D eigenvalue weighted by molar-refractivity contribution is 14.1. The van der Waals surface area contributed by atoms with Crippen molar-refractivity contribution < 1.29 is 4.74 Å². The molecule has 0 fully saturated rings. The van der Waals surface area contributed by atoms with Gasteiger partial charge in [-0.1, -0.05) is 12.1 Å². The van der Waals surface area contributed by atoms with Crippen LogP contribution in [-0.4, -0.2) is 37.1 Å². The number of rotatable bonds is 5. The Hall–Kier alpha value is -1.14. The second kappa shape index (κ2) is 6.86. The Morgan fingerprint density at radius 1 is 1.11 bits per heavy atom. The summed E-state index contributed by atoms with van der Waals surface area (Å²) in [6.07, 6.45) is 1.78. The van der Waals surface area contributed by atoms with E-state index < -0.39 is 0 Å². The fraction of sp³-hybridized carbons (Fsp3) is 0.267. The van der Waals surface area contributed by atoms with Gasteiger partial charge in [-0.25, -0.2) is 0 Å². The van der Waals surface area contributed by atoms with Crippen molar-refractivity contribution in [3.05, 3.63) is 46.2 Å². The van der Waals surface area contributed by atoms with Crippen LogP contribution >= 0.6 is 22.6 Å². The van der Waals surface area contributed by atoms with E-state index in [1.807, 2.05) is 26.2 Å². The minimum absolute atomic E-state index is 0.678. The molecule has 0 spiro atoms. The summed E-state index contributed by atoms with van der Waals surface area (Å²) in [5, 5.41) is 0. The first-order valence-electron chi connectivity index (χ1n) is 6.14. The SMILES string of the molecule is CN(C)CCOc1ccc(-c2ccc(I)cc2)nc1. The fourth-order valence-electron chi connectivity index (χ4n) is 1.60. The van der Waals surface area contributed by atoms with E-state index in [0.29, 0.717) is 6.61 Å². The lowest BCUT2D eigenvalue weighted by Gasteiger charge is -2.11. The summed E-state index contributed by atoms with van der Waals surface area (Å²) in [5.41, 5.74) is 2.09. The average Bonchev–Trinajstić information content (AvgIpc) is 2.40. The molecule has 0 unspecified atom stereocenters. The van der Waals surface area contributed by atoms with Gasteiger partial charge in [0.15, 0.2) is 0 Å². The van der Waals surface area contributed by atoms with E-state index in [1.165, 1.54) is 3.57 Å². The van der Waals surface area contributed by atoms with Crippen LogP contribution in [0.1, 0.15) is 0 Å². The second-order valence-corrected chi connectivity index (χ2v) is 5.78. The van der Waals surface area contributed by atoms with Crippen LogP contribution in [0.3, 0.4) is 0 Å². The first-order valence-corrected chi connectivity index (χ1v) is 7.22. The molecule has 0 atom stereocenters. The van der Waals surface area contributed by atoms with Gasteiger partial charge >= 0.3 is 0 Å². The summed E-state index contributed by atoms with van der Waals surface area (Å²) >= 11 is 2.30. The van der Waals surface area contributed by atoms with Crippen molar-refractivity contribution in [2.75, 3.05) is 27.2 Å². The van der Waals surface area contributed by atoms with Gasteiger partial charge in [0, 0.05) is 15.7 Å². The van der Waals surface area contributed by atoms with Gasteiger partial charge in [0.1, 0.15) is 12.4 Å². The summed E-state index contributed by atoms with van der Waals surface area (Å²) in [4.78, 5) is 6.53. The molecule has 3 nitrogen and oxygen atoms in total.